The monoisotopic (exact) mass is 192 g/mol. The van der Waals surface area contributed by atoms with Gasteiger partial charge in [0.2, 0.25) is 0 Å². The van der Waals surface area contributed by atoms with Crippen LogP contribution in [0.1, 0.15) is 5.82 Å². The maximum Gasteiger partial charge on any atom is 0.163 e. The van der Waals surface area contributed by atoms with Gasteiger partial charge in [-0.2, -0.15) is 0 Å². The number of hydrogen-bond acceptors (Lipinski definition) is 4. The molecule has 2 aromatic heterocycles. The third-order valence-corrected chi connectivity index (χ3v) is 2.22. The molecule has 14 heavy (non-hydrogen) atoms. The van der Waals surface area contributed by atoms with Crippen LogP contribution in [0.25, 0.3) is 11.2 Å². The molecular weight excluding hydrogens is 180 g/mol. The fourth-order valence-corrected chi connectivity index (χ4v) is 1.45. The Morgan fingerprint density at radius 1 is 1.57 bits per heavy atom. The molecule has 74 valence electrons. The number of nitrogens with zero attached hydrogens (tertiary/aromatic N) is 3. The normalized spacial score (nSPS) is 10.8. The van der Waals surface area contributed by atoms with Crippen molar-refractivity contribution in [1.29, 1.82) is 0 Å². The quantitative estimate of drug-likeness (QED) is 0.749. The van der Waals surface area contributed by atoms with Gasteiger partial charge in [-0.25, -0.2) is 9.97 Å². The Balaban J connectivity index is 2.77. The van der Waals surface area contributed by atoms with Gasteiger partial charge in [0.25, 0.3) is 0 Å². The van der Waals surface area contributed by atoms with Crippen molar-refractivity contribution in [3.8, 4) is 5.75 Å². The molecule has 0 spiro atoms. The van der Waals surface area contributed by atoms with E-state index < -0.39 is 0 Å². The van der Waals surface area contributed by atoms with Gasteiger partial charge in [-0.05, 0) is 0 Å². The molecule has 0 aliphatic carbocycles. The highest BCUT2D eigenvalue weighted by molar-refractivity contribution is 5.78. The summed E-state index contributed by atoms with van der Waals surface area (Å²) in [5.41, 5.74) is 7.11. The Morgan fingerprint density at radius 2 is 2.36 bits per heavy atom. The number of rotatable bonds is 2. The van der Waals surface area contributed by atoms with Crippen molar-refractivity contribution < 1.29 is 4.74 Å². The van der Waals surface area contributed by atoms with Crippen LogP contribution in [-0.4, -0.2) is 21.6 Å². The topological polar surface area (TPSA) is 66.0 Å². The van der Waals surface area contributed by atoms with Crippen LogP contribution >= 0.6 is 0 Å². The molecule has 0 aliphatic rings. The van der Waals surface area contributed by atoms with Gasteiger partial charge in [0.1, 0.15) is 17.1 Å². The van der Waals surface area contributed by atoms with Gasteiger partial charge >= 0.3 is 0 Å². The second-order valence-electron chi connectivity index (χ2n) is 2.98. The number of aromatic nitrogens is 3. The number of aryl methyl sites for hydroxylation is 1. The first-order chi connectivity index (χ1) is 6.77. The summed E-state index contributed by atoms with van der Waals surface area (Å²) < 4.78 is 7.06. The molecule has 0 amide bonds. The standard InChI is InChI=1S/C9H12N4O/c1-13-7(5-10)12-8-6(14-2)3-4-11-9(8)13/h3-4H,5,10H2,1-2H3. The van der Waals surface area contributed by atoms with Gasteiger partial charge in [0.15, 0.2) is 5.65 Å². The molecule has 5 nitrogen and oxygen atoms in total. The largest absolute Gasteiger partial charge is 0.494 e. The lowest BCUT2D eigenvalue weighted by molar-refractivity contribution is 0.418. The van der Waals surface area contributed by atoms with Gasteiger partial charge < -0.3 is 15.0 Å². The zero-order valence-electron chi connectivity index (χ0n) is 8.19. The predicted octanol–water partition coefficient (Wildman–Crippen LogP) is 0.436. The number of fused-ring (bicyclic) bond motifs is 1. The van der Waals surface area contributed by atoms with E-state index in [-0.39, 0.29) is 0 Å². The summed E-state index contributed by atoms with van der Waals surface area (Å²) >= 11 is 0. The average Bonchev–Trinajstić information content (AvgIpc) is 2.55. The second kappa shape index (κ2) is 3.26. The number of nitrogens with two attached hydrogens (primary N) is 1. The number of hydrogen-bond donors (Lipinski definition) is 1. The van der Waals surface area contributed by atoms with E-state index in [1.54, 1.807) is 19.4 Å². The molecule has 0 bridgehead atoms. The van der Waals surface area contributed by atoms with Crippen LogP contribution in [0.5, 0.6) is 5.75 Å². The molecule has 0 aromatic carbocycles. The molecule has 0 radical (unpaired) electrons. The molecule has 0 saturated heterocycles. The van der Waals surface area contributed by atoms with Gasteiger partial charge in [0, 0.05) is 19.3 Å². The fraction of sp³-hybridized carbons (Fsp3) is 0.333. The molecule has 0 atom stereocenters. The van der Waals surface area contributed by atoms with Crippen molar-refractivity contribution in [1.82, 2.24) is 14.5 Å². The predicted molar refractivity (Wildman–Crippen MR) is 53.0 cm³/mol. The highest BCUT2D eigenvalue weighted by Crippen LogP contribution is 2.22. The lowest BCUT2D eigenvalue weighted by Crippen LogP contribution is -2.04. The van der Waals surface area contributed by atoms with E-state index in [1.165, 1.54) is 0 Å². The summed E-state index contributed by atoms with van der Waals surface area (Å²) in [4.78, 5) is 8.57. The molecule has 0 unspecified atom stereocenters. The molecule has 0 aliphatic heterocycles. The average molecular weight is 192 g/mol. The Labute approximate surface area is 81.5 Å². The summed E-state index contributed by atoms with van der Waals surface area (Å²) in [6.45, 7) is 0.399. The van der Waals surface area contributed by atoms with Crippen LogP contribution < -0.4 is 10.5 Å². The summed E-state index contributed by atoms with van der Waals surface area (Å²) in [7, 11) is 3.51. The summed E-state index contributed by atoms with van der Waals surface area (Å²) in [6, 6.07) is 1.79. The first kappa shape index (κ1) is 8.96. The summed E-state index contributed by atoms with van der Waals surface area (Å²) in [6.07, 6.45) is 1.70. The molecule has 2 heterocycles. The zero-order chi connectivity index (χ0) is 10.1. The minimum Gasteiger partial charge on any atom is -0.494 e. The van der Waals surface area contributed by atoms with Crippen LogP contribution in [0.2, 0.25) is 0 Å². The molecule has 0 fully saturated rings. The van der Waals surface area contributed by atoms with Crippen molar-refractivity contribution in [2.45, 2.75) is 6.54 Å². The Kier molecular flexibility index (Phi) is 2.09. The van der Waals surface area contributed by atoms with Crippen molar-refractivity contribution in [3.63, 3.8) is 0 Å². The first-order valence-electron chi connectivity index (χ1n) is 4.32. The van der Waals surface area contributed by atoms with E-state index in [4.69, 9.17) is 10.5 Å². The van der Waals surface area contributed by atoms with Gasteiger partial charge in [-0.3, -0.25) is 0 Å². The van der Waals surface area contributed by atoms with E-state index in [0.717, 1.165) is 22.7 Å². The van der Waals surface area contributed by atoms with Gasteiger partial charge in [-0.15, -0.1) is 0 Å². The number of ether oxygens (including phenoxy) is 1. The maximum atomic E-state index is 5.55. The van der Waals surface area contributed by atoms with Crippen molar-refractivity contribution in [3.05, 3.63) is 18.1 Å². The Morgan fingerprint density at radius 3 is 3.00 bits per heavy atom. The van der Waals surface area contributed by atoms with Crippen molar-refractivity contribution in [2.24, 2.45) is 12.8 Å². The summed E-state index contributed by atoms with van der Waals surface area (Å²) in [5, 5.41) is 0. The Bertz CT molecular complexity index is 463. The lowest BCUT2D eigenvalue weighted by Gasteiger charge is -1.99. The van der Waals surface area contributed by atoms with Crippen LogP contribution in [0.3, 0.4) is 0 Å². The molecular formula is C9H12N4O. The SMILES string of the molecule is COc1ccnc2c1nc(CN)n2C. The molecule has 2 rings (SSSR count). The number of pyridine rings is 1. The highest BCUT2D eigenvalue weighted by Gasteiger charge is 2.10. The second-order valence-corrected chi connectivity index (χ2v) is 2.98. The molecule has 2 aromatic rings. The van der Waals surface area contributed by atoms with Crippen LogP contribution in [0.15, 0.2) is 12.3 Å². The van der Waals surface area contributed by atoms with Gasteiger partial charge in [-0.1, -0.05) is 0 Å². The summed E-state index contributed by atoms with van der Waals surface area (Å²) in [5.74, 6) is 1.53. The smallest absolute Gasteiger partial charge is 0.163 e. The van der Waals surface area contributed by atoms with Gasteiger partial charge in [0.05, 0.1) is 13.7 Å². The van der Waals surface area contributed by atoms with Crippen molar-refractivity contribution in [2.75, 3.05) is 7.11 Å². The zero-order valence-corrected chi connectivity index (χ0v) is 8.19. The minimum absolute atomic E-state index is 0.399. The van der Waals surface area contributed by atoms with E-state index in [0.29, 0.717) is 6.54 Å². The van der Waals surface area contributed by atoms with Crippen molar-refractivity contribution >= 4 is 11.2 Å². The van der Waals surface area contributed by atoms with Crippen LogP contribution in [0.4, 0.5) is 0 Å². The maximum absolute atomic E-state index is 5.55. The highest BCUT2D eigenvalue weighted by atomic mass is 16.5. The molecule has 5 heteroatoms. The number of imidazole rings is 1. The lowest BCUT2D eigenvalue weighted by atomic mass is 10.4. The molecule has 0 saturated carbocycles. The third kappa shape index (κ3) is 1.13. The minimum atomic E-state index is 0.399. The Hall–Kier alpha value is -1.62. The third-order valence-electron chi connectivity index (χ3n) is 2.22. The van der Waals surface area contributed by atoms with Crippen LogP contribution in [-0.2, 0) is 13.6 Å². The van der Waals surface area contributed by atoms with E-state index in [9.17, 15) is 0 Å². The van der Waals surface area contributed by atoms with E-state index in [2.05, 4.69) is 9.97 Å². The molecule has 2 N–H and O–H groups in total. The fourth-order valence-electron chi connectivity index (χ4n) is 1.45. The number of methoxy groups -OCH3 is 1. The van der Waals surface area contributed by atoms with E-state index in [1.807, 2.05) is 11.6 Å². The van der Waals surface area contributed by atoms with Crippen LogP contribution in [0, 0.1) is 0 Å². The first-order valence-corrected chi connectivity index (χ1v) is 4.32. The van der Waals surface area contributed by atoms with E-state index >= 15 is 0 Å².